The normalized spacial score (nSPS) is 24.8. The van der Waals surface area contributed by atoms with Crippen molar-refractivity contribution in [1.82, 2.24) is 30.1 Å². The van der Waals surface area contributed by atoms with Gasteiger partial charge < -0.3 is 26.6 Å². The number of amides is 5. The SMILES string of the molecule is Cc1nc(C)c(S(=O)(=O)N(C)C[C@@H](NC(=O)N[C@H](C(=O)N2C[C@H]3[C@@H]([C@H]2C(=O)NC(CC2CCC2)C(=O)C(N)=O)C3(C)C)C(C)(C)C)C2CCCCC2)s1. The number of hydrogen-bond donors (Lipinski definition) is 4. The zero-order chi connectivity index (χ0) is 39.2. The third-order valence-electron chi connectivity index (χ3n) is 12.3. The fourth-order valence-electron chi connectivity index (χ4n) is 8.81. The number of aryl methyl sites for hydroxylation is 2. The topological polar surface area (TPSA) is 201 Å². The minimum Gasteiger partial charge on any atom is -0.363 e. The Morgan fingerprint density at radius 2 is 1.64 bits per heavy atom. The minimum absolute atomic E-state index is 0.0391. The maximum Gasteiger partial charge on any atom is 0.315 e. The van der Waals surface area contributed by atoms with Gasteiger partial charge in [-0.2, -0.15) is 4.31 Å². The number of carbonyl (C=O) groups is 5. The Morgan fingerprint density at radius 3 is 2.17 bits per heavy atom. The molecule has 1 aromatic heterocycles. The average Bonchev–Trinajstić information content (AvgIpc) is 3.35. The number of sulfonamides is 1. The number of nitrogens with zero attached hydrogens (tertiary/aromatic N) is 3. The van der Waals surface area contributed by atoms with Crippen LogP contribution in [-0.4, -0.2) is 96.4 Å². The molecular formula is C37H59N7O7S2. The van der Waals surface area contributed by atoms with Gasteiger partial charge in [0.25, 0.3) is 15.9 Å². The maximum atomic E-state index is 14.5. The summed E-state index contributed by atoms with van der Waals surface area (Å²) in [6.07, 6.45) is 7.85. The highest BCUT2D eigenvalue weighted by Crippen LogP contribution is 2.65. The molecule has 14 nitrogen and oxygen atoms in total. The summed E-state index contributed by atoms with van der Waals surface area (Å²) in [5, 5.41) is 9.43. The van der Waals surface area contributed by atoms with Crippen LogP contribution in [0.25, 0.3) is 0 Å². The molecule has 6 atom stereocenters. The standard InChI is InChI=1S/C37H59N7O7S2/c1-20-34(52-21(2)39-20)53(50,51)43(8)19-26(23-15-10-9-11-16-23)41-35(49)42-30(36(3,4)5)33(48)44-18-24-27(37(24,6)7)28(44)32(47)40-25(29(45)31(38)46)17-22-13-12-14-22/h22-28,30H,9-19H2,1-8H3,(H2,38,46)(H,40,47)(H2,41,42,49)/t24-,25?,26+,27-,28-,30+/m0/s1. The number of fused-ring (bicyclic) bond motifs is 1. The molecule has 0 bridgehead atoms. The molecule has 1 saturated heterocycles. The van der Waals surface area contributed by atoms with Gasteiger partial charge in [0.1, 0.15) is 12.1 Å². The third-order valence-corrected chi connectivity index (χ3v) is 15.8. The van der Waals surface area contributed by atoms with Crippen LogP contribution in [0.1, 0.15) is 103 Å². The van der Waals surface area contributed by atoms with E-state index in [0.717, 1.165) is 62.7 Å². The second kappa shape index (κ2) is 15.6. The molecule has 4 fully saturated rings. The highest BCUT2D eigenvalue weighted by Gasteiger charge is 2.70. The number of thiazole rings is 1. The second-order valence-corrected chi connectivity index (χ2v) is 21.0. The Morgan fingerprint density at radius 1 is 1.00 bits per heavy atom. The average molecular weight is 778 g/mol. The number of piperidine rings is 1. The van der Waals surface area contributed by atoms with E-state index in [-0.39, 0.29) is 39.8 Å². The summed E-state index contributed by atoms with van der Waals surface area (Å²) >= 11 is 1.12. The van der Waals surface area contributed by atoms with E-state index < -0.39 is 69.1 Å². The monoisotopic (exact) mass is 777 g/mol. The summed E-state index contributed by atoms with van der Waals surface area (Å²) in [6.45, 7) is 13.4. The van der Waals surface area contributed by atoms with Crippen molar-refractivity contribution in [3.05, 3.63) is 10.7 Å². The van der Waals surface area contributed by atoms with Crippen molar-refractivity contribution in [3.8, 4) is 0 Å². The molecule has 3 aliphatic carbocycles. The van der Waals surface area contributed by atoms with E-state index in [0.29, 0.717) is 23.7 Å². The first-order chi connectivity index (χ1) is 24.6. The number of likely N-dealkylation sites (tertiary alicyclic amines) is 1. The largest absolute Gasteiger partial charge is 0.363 e. The van der Waals surface area contributed by atoms with Gasteiger partial charge in [0.05, 0.1) is 16.7 Å². The Hall–Kier alpha value is -3.11. The smallest absolute Gasteiger partial charge is 0.315 e. The summed E-state index contributed by atoms with van der Waals surface area (Å²) in [5.41, 5.74) is 4.82. The fourth-order valence-corrected chi connectivity index (χ4v) is 11.7. The van der Waals surface area contributed by atoms with E-state index in [1.807, 2.05) is 20.8 Å². The molecule has 0 radical (unpaired) electrons. The van der Waals surface area contributed by atoms with Crippen molar-refractivity contribution in [3.63, 3.8) is 0 Å². The predicted octanol–water partition coefficient (Wildman–Crippen LogP) is 3.26. The number of likely N-dealkylation sites (N-methyl/N-ethyl adjacent to an activating group) is 1. The number of nitrogens with two attached hydrogens (primary N) is 1. The van der Waals surface area contributed by atoms with E-state index in [1.54, 1.807) is 13.8 Å². The van der Waals surface area contributed by atoms with Crippen LogP contribution in [-0.2, 0) is 29.2 Å². The van der Waals surface area contributed by atoms with E-state index in [1.165, 1.54) is 16.3 Å². The van der Waals surface area contributed by atoms with Gasteiger partial charge in [-0.1, -0.05) is 73.1 Å². The van der Waals surface area contributed by atoms with Gasteiger partial charge in [-0.15, -0.1) is 11.3 Å². The van der Waals surface area contributed by atoms with Gasteiger partial charge >= 0.3 is 6.03 Å². The van der Waals surface area contributed by atoms with Crippen LogP contribution in [0, 0.1) is 48.3 Å². The number of ketones is 1. The molecule has 5 rings (SSSR count). The lowest BCUT2D eigenvalue weighted by molar-refractivity contribution is -0.145. The predicted molar refractivity (Wildman–Crippen MR) is 201 cm³/mol. The summed E-state index contributed by atoms with van der Waals surface area (Å²) in [6, 6.07) is -4.10. The van der Waals surface area contributed by atoms with Crippen LogP contribution >= 0.6 is 11.3 Å². The molecule has 1 unspecified atom stereocenters. The van der Waals surface area contributed by atoms with Gasteiger partial charge in [0.15, 0.2) is 4.21 Å². The molecule has 2 heterocycles. The number of urea groups is 1. The third kappa shape index (κ3) is 8.74. The number of aromatic nitrogens is 1. The van der Waals surface area contributed by atoms with Gasteiger partial charge in [0.2, 0.25) is 17.6 Å². The van der Waals surface area contributed by atoms with Crippen LogP contribution in [0.3, 0.4) is 0 Å². The Balaban J connectivity index is 1.34. The Bertz CT molecular complexity index is 1690. The zero-order valence-electron chi connectivity index (χ0n) is 32.5. The van der Waals surface area contributed by atoms with Gasteiger partial charge in [-0.3, -0.25) is 19.2 Å². The molecule has 5 amide bonds. The van der Waals surface area contributed by atoms with E-state index in [4.69, 9.17) is 5.73 Å². The van der Waals surface area contributed by atoms with E-state index in [9.17, 15) is 32.4 Å². The first-order valence-electron chi connectivity index (χ1n) is 19.1. The molecule has 0 spiro atoms. The van der Waals surface area contributed by atoms with Crippen molar-refractivity contribution < 1.29 is 32.4 Å². The van der Waals surface area contributed by atoms with Crippen LogP contribution in [0.15, 0.2) is 4.21 Å². The zero-order valence-corrected chi connectivity index (χ0v) is 34.1. The first-order valence-corrected chi connectivity index (χ1v) is 21.3. The van der Waals surface area contributed by atoms with Gasteiger partial charge in [-0.05, 0) is 67.6 Å². The molecular weight excluding hydrogens is 719 g/mol. The van der Waals surface area contributed by atoms with E-state index in [2.05, 4.69) is 34.8 Å². The number of carbonyl (C=O) groups excluding carboxylic acids is 5. The quantitative estimate of drug-likeness (QED) is 0.206. The molecule has 16 heteroatoms. The van der Waals surface area contributed by atoms with Crippen LogP contribution < -0.4 is 21.7 Å². The second-order valence-electron chi connectivity index (χ2n) is 17.5. The molecule has 1 aliphatic heterocycles. The molecule has 296 valence electrons. The molecule has 3 saturated carbocycles. The maximum absolute atomic E-state index is 14.5. The minimum atomic E-state index is -3.87. The number of Topliss-reactive ketones (excluding diaryl/α,β-unsaturated/α-hetero) is 1. The summed E-state index contributed by atoms with van der Waals surface area (Å²) in [5.74, 6) is -2.73. The molecule has 5 N–H and O–H groups in total. The van der Waals surface area contributed by atoms with Crippen molar-refractivity contribution in [2.24, 2.45) is 40.2 Å². The van der Waals surface area contributed by atoms with Crippen molar-refractivity contribution in [1.29, 1.82) is 0 Å². The molecule has 4 aliphatic rings. The first kappa shape index (κ1) is 41.1. The summed E-state index contributed by atoms with van der Waals surface area (Å²) in [7, 11) is -2.35. The van der Waals surface area contributed by atoms with Gasteiger partial charge in [0, 0.05) is 26.2 Å². The summed E-state index contributed by atoms with van der Waals surface area (Å²) < 4.78 is 28.7. The number of hydrogen-bond acceptors (Lipinski definition) is 9. The van der Waals surface area contributed by atoms with Crippen LogP contribution in [0.5, 0.6) is 0 Å². The molecule has 0 aromatic carbocycles. The van der Waals surface area contributed by atoms with Crippen LogP contribution in [0.2, 0.25) is 0 Å². The Kier molecular flexibility index (Phi) is 12.1. The lowest BCUT2D eigenvalue weighted by atomic mass is 9.80. The highest BCUT2D eigenvalue weighted by atomic mass is 32.2. The van der Waals surface area contributed by atoms with Crippen LogP contribution in [0.4, 0.5) is 4.79 Å². The lowest BCUT2D eigenvalue weighted by Gasteiger charge is -2.39. The lowest BCUT2D eigenvalue weighted by Crippen LogP contribution is -2.62. The van der Waals surface area contributed by atoms with Crippen molar-refractivity contribution >= 4 is 50.9 Å². The number of primary amides is 1. The fraction of sp³-hybridized carbons (Fsp3) is 0.784. The molecule has 53 heavy (non-hydrogen) atoms. The number of rotatable bonds is 14. The number of nitrogens with one attached hydrogen (secondary N) is 3. The van der Waals surface area contributed by atoms with Gasteiger partial charge in [-0.25, -0.2) is 18.2 Å². The van der Waals surface area contributed by atoms with E-state index >= 15 is 0 Å². The van der Waals surface area contributed by atoms with Crippen molar-refractivity contribution in [2.75, 3.05) is 20.1 Å². The Labute approximate surface area is 318 Å². The van der Waals surface area contributed by atoms with Crippen molar-refractivity contribution in [2.45, 2.75) is 135 Å². The molecule has 1 aromatic rings. The summed E-state index contributed by atoms with van der Waals surface area (Å²) in [4.78, 5) is 73.1. The highest BCUT2D eigenvalue weighted by molar-refractivity contribution is 7.91.